The van der Waals surface area contributed by atoms with E-state index in [4.69, 9.17) is 0 Å². The molecule has 1 amide bonds. The molecule has 0 spiro atoms. The number of carbonyl (C=O) groups is 1. The van der Waals surface area contributed by atoms with E-state index in [-0.39, 0.29) is 10.6 Å². The highest BCUT2D eigenvalue weighted by Gasteiger charge is 2.22. The van der Waals surface area contributed by atoms with Gasteiger partial charge in [0.2, 0.25) is 0 Å². The van der Waals surface area contributed by atoms with E-state index in [9.17, 15) is 13.6 Å². The zero-order chi connectivity index (χ0) is 17.1. The minimum Gasteiger partial charge on any atom is -0.433 e. The molecule has 1 saturated heterocycles. The Bertz CT molecular complexity index is 711. The molecule has 0 unspecified atom stereocenters. The third-order valence-electron chi connectivity index (χ3n) is 3.73. The second kappa shape index (κ2) is 7.54. The van der Waals surface area contributed by atoms with Crippen LogP contribution < -0.4 is 15.4 Å². The monoisotopic (exact) mass is 373 g/mol. The standard InChI is InChI=1S/C15H17F2N3O2S2/c1-8-6-10(22-14(16)17)12(23-8)13(21)20-15-19-7-11(24-15)9-2-4-18-5-3-9/h6-7,9,14,18H,2-5H2,1H3,(H,19,20,21). The molecule has 3 rings (SSSR count). The van der Waals surface area contributed by atoms with Crippen molar-refractivity contribution in [2.75, 3.05) is 18.4 Å². The Balaban J connectivity index is 1.70. The predicted octanol–water partition coefficient (Wildman–Crippen LogP) is 3.83. The number of hydrogen-bond donors (Lipinski definition) is 2. The maximum atomic E-state index is 12.4. The van der Waals surface area contributed by atoms with Crippen LogP contribution in [0.25, 0.3) is 0 Å². The van der Waals surface area contributed by atoms with Crippen LogP contribution in [0.3, 0.4) is 0 Å². The van der Waals surface area contributed by atoms with Gasteiger partial charge in [-0.15, -0.1) is 22.7 Å². The minimum atomic E-state index is -2.96. The molecule has 1 fully saturated rings. The molecule has 0 aliphatic carbocycles. The molecule has 0 bridgehead atoms. The molecule has 5 nitrogen and oxygen atoms in total. The van der Waals surface area contributed by atoms with Gasteiger partial charge < -0.3 is 10.1 Å². The van der Waals surface area contributed by atoms with E-state index < -0.39 is 12.5 Å². The smallest absolute Gasteiger partial charge is 0.387 e. The summed E-state index contributed by atoms with van der Waals surface area (Å²) >= 11 is 2.55. The molecule has 9 heteroatoms. The van der Waals surface area contributed by atoms with E-state index in [0.29, 0.717) is 11.0 Å². The lowest BCUT2D eigenvalue weighted by molar-refractivity contribution is -0.0498. The Kier molecular flexibility index (Phi) is 5.42. The lowest BCUT2D eigenvalue weighted by Crippen LogP contribution is -2.26. The van der Waals surface area contributed by atoms with Gasteiger partial charge in [-0.2, -0.15) is 8.78 Å². The molecule has 1 aliphatic rings. The van der Waals surface area contributed by atoms with Crippen LogP contribution in [0.5, 0.6) is 5.75 Å². The van der Waals surface area contributed by atoms with Gasteiger partial charge in [-0.05, 0) is 44.8 Å². The van der Waals surface area contributed by atoms with Crippen LogP contribution in [0, 0.1) is 6.92 Å². The molecule has 2 aromatic heterocycles. The van der Waals surface area contributed by atoms with Crippen molar-refractivity contribution in [2.24, 2.45) is 0 Å². The van der Waals surface area contributed by atoms with E-state index in [1.54, 1.807) is 13.1 Å². The second-order valence-electron chi connectivity index (χ2n) is 5.48. The van der Waals surface area contributed by atoms with Gasteiger partial charge in [0.1, 0.15) is 10.6 Å². The van der Waals surface area contributed by atoms with Crippen molar-refractivity contribution in [3.63, 3.8) is 0 Å². The zero-order valence-corrected chi connectivity index (χ0v) is 14.6. The molecule has 1 aliphatic heterocycles. The highest BCUT2D eigenvalue weighted by molar-refractivity contribution is 7.16. The summed E-state index contributed by atoms with van der Waals surface area (Å²) in [6.45, 7) is 0.732. The molecule has 130 valence electrons. The van der Waals surface area contributed by atoms with Gasteiger partial charge in [-0.25, -0.2) is 4.98 Å². The third kappa shape index (κ3) is 4.08. The van der Waals surface area contributed by atoms with Crippen molar-refractivity contribution in [1.29, 1.82) is 0 Å². The van der Waals surface area contributed by atoms with E-state index >= 15 is 0 Å². The highest BCUT2D eigenvalue weighted by atomic mass is 32.1. The Morgan fingerprint density at radius 3 is 2.88 bits per heavy atom. The Labute approximate surface area is 146 Å². The second-order valence-corrected chi connectivity index (χ2v) is 7.79. The predicted molar refractivity (Wildman–Crippen MR) is 90.6 cm³/mol. The zero-order valence-electron chi connectivity index (χ0n) is 13.0. The van der Waals surface area contributed by atoms with Gasteiger partial charge in [0.25, 0.3) is 5.91 Å². The third-order valence-corrected chi connectivity index (χ3v) is 5.83. The molecule has 2 N–H and O–H groups in total. The fraction of sp³-hybridized carbons (Fsp3) is 0.467. The summed E-state index contributed by atoms with van der Waals surface area (Å²) in [5, 5.41) is 6.47. The SMILES string of the molecule is Cc1cc(OC(F)F)c(C(=O)Nc2ncc(C3CCNCC3)s2)s1. The number of ether oxygens (including phenoxy) is 1. The summed E-state index contributed by atoms with van der Waals surface area (Å²) in [4.78, 5) is 18.6. The van der Waals surface area contributed by atoms with Crippen LogP contribution in [0.1, 0.15) is 38.2 Å². The first-order chi connectivity index (χ1) is 11.5. The van der Waals surface area contributed by atoms with Gasteiger partial charge in [0, 0.05) is 16.0 Å². The summed E-state index contributed by atoms with van der Waals surface area (Å²) in [5.41, 5.74) is 0. The average Bonchev–Trinajstić information content (AvgIpc) is 3.14. The number of aryl methyl sites for hydroxylation is 1. The van der Waals surface area contributed by atoms with Crippen molar-refractivity contribution in [3.05, 3.63) is 26.9 Å². The van der Waals surface area contributed by atoms with Gasteiger partial charge in [-0.3, -0.25) is 10.1 Å². The summed E-state index contributed by atoms with van der Waals surface area (Å²) in [5.74, 6) is -0.119. The molecule has 0 saturated carbocycles. The summed E-state index contributed by atoms with van der Waals surface area (Å²) in [6.07, 6.45) is 3.88. The van der Waals surface area contributed by atoms with Crippen molar-refractivity contribution in [3.8, 4) is 5.75 Å². The maximum absolute atomic E-state index is 12.4. The van der Waals surface area contributed by atoms with E-state index in [0.717, 1.165) is 47.0 Å². The minimum absolute atomic E-state index is 0.0971. The number of nitrogens with one attached hydrogen (secondary N) is 2. The number of thiophene rings is 1. The normalized spacial score (nSPS) is 15.7. The Morgan fingerprint density at radius 1 is 1.42 bits per heavy atom. The van der Waals surface area contributed by atoms with Crippen LogP contribution in [-0.2, 0) is 0 Å². The number of hydrogen-bond acceptors (Lipinski definition) is 6. The average molecular weight is 373 g/mol. The van der Waals surface area contributed by atoms with Gasteiger partial charge in [0.05, 0.1) is 0 Å². The van der Waals surface area contributed by atoms with Gasteiger partial charge >= 0.3 is 6.61 Å². The lowest BCUT2D eigenvalue weighted by Gasteiger charge is -2.20. The fourth-order valence-corrected chi connectivity index (χ4v) is 4.45. The number of alkyl halides is 2. The fourth-order valence-electron chi connectivity index (χ4n) is 2.63. The Morgan fingerprint density at radius 2 is 2.17 bits per heavy atom. The van der Waals surface area contributed by atoms with E-state index in [1.807, 2.05) is 0 Å². The summed E-state index contributed by atoms with van der Waals surface area (Å²) < 4.78 is 29.3. The number of aromatic nitrogens is 1. The molecule has 3 heterocycles. The summed E-state index contributed by atoms with van der Waals surface area (Å²) in [7, 11) is 0. The van der Waals surface area contributed by atoms with Crippen molar-refractivity contribution in [1.82, 2.24) is 10.3 Å². The van der Waals surface area contributed by atoms with E-state index in [2.05, 4.69) is 20.4 Å². The van der Waals surface area contributed by atoms with Gasteiger partial charge in [0.15, 0.2) is 5.13 Å². The number of amides is 1. The molecule has 0 aromatic carbocycles. The number of rotatable bonds is 5. The molecular weight excluding hydrogens is 356 g/mol. The molecule has 0 atom stereocenters. The topological polar surface area (TPSA) is 63.2 Å². The van der Waals surface area contributed by atoms with Crippen LogP contribution in [0.4, 0.5) is 13.9 Å². The maximum Gasteiger partial charge on any atom is 0.387 e. The summed E-state index contributed by atoms with van der Waals surface area (Å²) in [6, 6.07) is 1.44. The highest BCUT2D eigenvalue weighted by Crippen LogP contribution is 2.34. The van der Waals surface area contributed by atoms with Crippen LogP contribution in [0.2, 0.25) is 0 Å². The van der Waals surface area contributed by atoms with Crippen LogP contribution >= 0.6 is 22.7 Å². The number of halogens is 2. The lowest BCUT2D eigenvalue weighted by atomic mass is 9.97. The Hall–Kier alpha value is -1.58. The first-order valence-electron chi connectivity index (χ1n) is 7.56. The van der Waals surface area contributed by atoms with Crippen molar-refractivity contribution < 1.29 is 18.3 Å². The van der Waals surface area contributed by atoms with Crippen LogP contribution in [-0.4, -0.2) is 30.6 Å². The van der Waals surface area contributed by atoms with Crippen LogP contribution in [0.15, 0.2) is 12.3 Å². The quantitative estimate of drug-likeness (QED) is 0.836. The molecule has 24 heavy (non-hydrogen) atoms. The first-order valence-corrected chi connectivity index (χ1v) is 9.19. The number of thiazole rings is 1. The number of anilines is 1. The molecule has 2 aromatic rings. The van der Waals surface area contributed by atoms with Gasteiger partial charge in [-0.1, -0.05) is 0 Å². The molecular formula is C15H17F2N3O2S2. The van der Waals surface area contributed by atoms with Crippen molar-refractivity contribution >= 4 is 33.7 Å². The molecule has 0 radical (unpaired) electrons. The largest absolute Gasteiger partial charge is 0.433 e. The first kappa shape index (κ1) is 17.2. The number of piperidine rings is 1. The van der Waals surface area contributed by atoms with Crippen molar-refractivity contribution in [2.45, 2.75) is 32.3 Å². The number of carbonyl (C=O) groups excluding carboxylic acids is 1. The van der Waals surface area contributed by atoms with E-state index in [1.165, 1.54) is 17.4 Å². The number of nitrogens with zero attached hydrogens (tertiary/aromatic N) is 1.